The van der Waals surface area contributed by atoms with Gasteiger partial charge in [0.15, 0.2) is 0 Å². The summed E-state index contributed by atoms with van der Waals surface area (Å²) < 4.78 is 2.40. The molecule has 2 aromatic carbocycles. The molecule has 0 bridgehead atoms. The molecule has 0 radical (unpaired) electrons. The molecule has 4 aromatic rings. The van der Waals surface area contributed by atoms with Crippen molar-refractivity contribution in [2.24, 2.45) is 5.92 Å². The first-order chi connectivity index (χ1) is 14.5. The Bertz CT molecular complexity index is 1240. The number of aryl methyl sites for hydroxylation is 4. The zero-order chi connectivity index (χ0) is 21.0. The first-order valence-corrected chi connectivity index (χ1v) is 11.2. The average Bonchev–Trinajstić information content (AvgIpc) is 3.47. The van der Waals surface area contributed by atoms with E-state index < -0.39 is 0 Å². The van der Waals surface area contributed by atoms with Crippen molar-refractivity contribution in [3.8, 4) is 5.69 Å². The third-order valence-corrected chi connectivity index (χ3v) is 6.49. The van der Waals surface area contributed by atoms with Gasteiger partial charge in [0, 0.05) is 24.2 Å². The maximum Gasteiger partial charge on any atom is 0.147 e. The van der Waals surface area contributed by atoms with Crippen LogP contribution in [0.25, 0.3) is 27.6 Å². The number of rotatable bonds is 5. The third-order valence-electron chi connectivity index (χ3n) is 6.49. The molecule has 1 fully saturated rings. The monoisotopic (exact) mass is 397 g/mol. The Labute approximate surface area is 179 Å². The van der Waals surface area contributed by atoms with Crippen molar-refractivity contribution in [2.45, 2.75) is 47.5 Å². The van der Waals surface area contributed by atoms with Gasteiger partial charge in [-0.2, -0.15) is 0 Å². The highest BCUT2D eigenvalue weighted by molar-refractivity contribution is 6.14. The molecule has 1 saturated carbocycles. The van der Waals surface area contributed by atoms with Crippen LogP contribution < -0.4 is 4.90 Å². The Balaban J connectivity index is 1.88. The number of para-hydroxylation sites is 1. The predicted molar refractivity (Wildman–Crippen MR) is 128 cm³/mol. The lowest BCUT2D eigenvalue weighted by Gasteiger charge is -2.24. The lowest BCUT2D eigenvalue weighted by atomic mass is 10.0. The number of pyridine rings is 1. The zero-order valence-electron chi connectivity index (χ0n) is 18.8. The highest BCUT2D eigenvalue weighted by Gasteiger charge is 2.26. The van der Waals surface area contributed by atoms with Crippen LogP contribution in [0.1, 0.15) is 42.1 Å². The van der Waals surface area contributed by atoms with Crippen molar-refractivity contribution in [2.75, 3.05) is 18.0 Å². The van der Waals surface area contributed by atoms with E-state index in [0.29, 0.717) is 0 Å². The molecule has 0 spiro atoms. The van der Waals surface area contributed by atoms with Gasteiger partial charge in [0.25, 0.3) is 0 Å². The molecule has 3 heteroatoms. The van der Waals surface area contributed by atoms with E-state index in [4.69, 9.17) is 4.98 Å². The van der Waals surface area contributed by atoms with Gasteiger partial charge in [0.1, 0.15) is 5.65 Å². The second-order valence-electron chi connectivity index (χ2n) is 9.06. The van der Waals surface area contributed by atoms with E-state index in [1.807, 2.05) is 0 Å². The van der Waals surface area contributed by atoms with Crippen molar-refractivity contribution >= 4 is 27.6 Å². The highest BCUT2D eigenvalue weighted by Crippen LogP contribution is 2.40. The molecule has 154 valence electrons. The van der Waals surface area contributed by atoms with E-state index >= 15 is 0 Å². The van der Waals surface area contributed by atoms with Crippen LogP contribution in [0, 0.1) is 33.6 Å². The van der Waals surface area contributed by atoms with E-state index in [1.165, 1.54) is 57.2 Å². The SMILES string of the molecule is CCN(CC1CC1)c1cc(C)nc2c1c1ccccc1n2-c1c(C)cc(C)cc1C. The predicted octanol–water partition coefficient (Wildman–Crippen LogP) is 6.65. The molecule has 2 heterocycles. The van der Waals surface area contributed by atoms with Crippen LogP contribution in [0.5, 0.6) is 0 Å². The van der Waals surface area contributed by atoms with Crippen molar-refractivity contribution in [1.29, 1.82) is 0 Å². The fourth-order valence-electron chi connectivity index (χ4n) is 5.06. The van der Waals surface area contributed by atoms with Gasteiger partial charge in [-0.1, -0.05) is 35.9 Å². The summed E-state index contributed by atoms with van der Waals surface area (Å²) in [5.74, 6) is 0.850. The minimum Gasteiger partial charge on any atom is -0.371 e. The number of aromatic nitrogens is 2. The average molecular weight is 398 g/mol. The molecule has 0 atom stereocenters. The molecule has 5 rings (SSSR count). The Morgan fingerprint density at radius 1 is 1.00 bits per heavy atom. The van der Waals surface area contributed by atoms with Crippen molar-refractivity contribution in [1.82, 2.24) is 9.55 Å². The van der Waals surface area contributed by atoms with Gasteiger partial charge in [-0.15, -0.1) is 0 Å². The summed E-state index contributed by atoms with van der Waals surface area (Å²) in [4.78, 5) is 7.67. The summed E-state index contributed by atoms with van der Waals surface area (Å²) in [5.41, 5.74) is 9.90. The molecular formula is C27H31N3. The Morgan fingerprint density at radius 3 is 2.37 bits per heavy atom. The molecule has 3 nitrogen and oxygen atoms in total. The normalized spacial score (nSPS) is 14.0. The van der Waals surface area contributed by atoms with Crippen LogP contribution in [0.15, 0.2) is 42.5 Å². The number of nitrogens with zero attached hydrogens (tertiary/aromatic N) is 3. The highest BCUT2D eigenvalue weighted by atomic mass is 15.1. The molecule has 0 amide bonds. The number of benzene rings is 2. The molecule has 1 aliphatic carbocycles. The Hall–Kier alpha value is -2.81. The van der Waals surface area contributed by atoms with Crippen LogP contribution in [0.4, 0.5) is 5.69 Å². The lowest BCUT2D eigenvalue weighted by Crippen LogP contribution is -2.25. The van der Waals surface area contributed by atoms with Crippen LogP contribution in [-0.4, -0.2) is 22.6 Å². The topological polar surface area (TPSA) is 21.1 Å². The fraction of sp³-hybridized carbons (Fsp3) is 0.370. The summed E-state index contributed by atoms with van der Waals surface area (Å²) in [6.45, 7) is 13.2. The van der Waals surface area contributed by atoms with Gasteiger partial charge in [0.2, 0.25) is 0 Å². The van der Waals surface area contributed by atoms with Gasteiger partial charge < -0.3 is 4.90 Å². The van der Waals surface area contributed by atoms with Gasteiger partial charge in [0.05, 0.1) is 22.3 Å². The molecular weight excluding hydrogens is 366 g/mol. The van der Waals surface area contributed by atoms with E-state index in [9.17, 15) is 0 Å². The van der Waals surface area contributed by atoms with E-state index in [1.54, 1.807) is 0 Å². The standard InChI is InChI=1S/C27H31N3/c1-6-29(16-21-11-12-21)24-15-20(5)28-27-25(24)22-9-7-8-10-23(22)30(27)26-18(3)13-17(2)14-19(26)4/h7-10,13-15,21H,6,11-12,16H2,1-5H3. The maximum absolute atomic E-state index is 5.10. The first kappa shape index (κ1) is 19.2. The molecule has 0 aliphatic heterocycles. The summed E-state index contributed by atoms with van der Waals surface area (Å²) in [7, 11) is 0. The molecule has 0 N–H and O–H groups in total. The molecule has 30 heavy (non-hydrogen) atoms. The van der Waals surface area contributed by atoms with Crippen molar-refractivity contribution in [3.63, 3.8) is 0 Å². The quantitative estimate of drug-likeness (QED) is 0.376. The minimum absolute atomic E-state index is 0.850. The van der Waals surface area contributed by atoms with Crippen LogP contribution in [0.2, 0.25) is 0 Å². The second-order valence-corrected chi connectivity index (χ2v) is 9.06. The summed E-state index contributed by atoms with van der Waals surface area (Å²) in [6, 6.07) is 15.7. The Morgan fingerprint density at radius 2 is 1.70 bits per heavy atom. The number of fused-ring (bicyclic) bond motifs is 3. The Kier molecular flexibility index (Phi) is 4.57. The molecule has 2 aromatic heterocycles. The zero-order valence-corrected chi connectivity index (χ0v) is 18.8. The smallest absolute Gasteiger partial charge is 0.147 e. The van der Waals surface area contributed by atoms with Crippen LogP contribution in [0.3, 0.4) is 0 Å². The molecule has 1 aliphatic rings. The van der Waals surface area contributed by atoms with Crippen molar-refractivity contribution in [3.05, 3.63) is 64.8 Å². The maximum atomic E-state index is 5.10. The van der Waals surface area contributed by atoms with Crippen LogP contribution >= 0.6 is 0 Å². The third kappa shape index (κ3) is 3.08. The number of anilines is 1. The number of hydrogen-bond donors (Lipinski definition) is 0. The van der Waals surface area contributed by atoms with Crippen LogP contribution in [-0.2, 0) is 0 Å². The van der Waals surface area contributed by atoms with E-state index in [0.717, 1.165) is 30.3 Å². The summed E-state index contributed by atoms with van der Waals surface area (Å²) in [6.07, 6.45) is 2.74. The first-order valence-electron chi connectivity index (χ1n) is 11.2. The van der Waals surface area contributed by atoms with Gasteiger partial charge in [-0.3, -0.25) is 4.57 Å². The number of hydrogen-bond acceptors (Lipinski definition) is 2. The second kappa shape index (κ2) is 7.16. The van der Waals surface area contributed by atoms with E-state index in [-0.39, 0.29) is 0 Å². The van der Waals surface area contributed by atoms with Gasteiger partial charge in [-0.05, 0) is 76.6 Å². The largest absolute Gasteiger partial charge is 0.371 e. The van der Waals surface area contributed by atoms with Gasteiger partial charge in [-0.25, -0.2) is 4.98 Å². The molecule has 0 saturated heterocycles. The molecule has 0 unspecified atom stereocenters. The fourth-order valence-corrected chi connectivity index (χ4v) is 5.06. The summed E-state index contributed by atoms with van der Waals surface area (Å²) in [5, 5.41) is 2.58. The van der Waals surface area contributed by atoms with Crippen molar-refractivity contribution < 1.29 is 0 Å². The summed E-state index contributed by atoms with van der Waals surface area (Å²) >= 11 is 0. The van der Waals surface area contributed by atoms with Gasteiger partial charge >= 0.3 is 0 Å². The lowest BCUT2D eigenvalue weighted by molar-refractivity contribution is 0.743. The van der Waals surface area contributed by atoms with E-state index in [2.05, 4.69) is 86.6 Å². The minimum atomic E-state index is 0.850.